The molecule has 0 radical (unpaired) electrons. The predicted octanol–water partition coefficient (Wildman–Crippen LogP) is 6.06. The van der Waals surface area contributed by atoms with Crippen LogP contribution in [0.2, 0.25) is 0 Å². The Bertz CT molecular complexity index is 1410. The van der Waals surface area contributed by atoms with Crippen molar-refractivity contribution < 1.29 is 19.0 Å². The van der Waals surface area contributed by atoms with Crippen LogP contribution in [0, 0.1) is 0 Å². The van der Waals surface area contributed by atoms with Gasteiger partial charge in [-0.1, -0.05) is 55.0 Å². The van der Waals surface area contributed by atoms with Crippen LogP contribution in [0.1, 0.15) is 31.9 Å². The highest BCUT2D eigenvalue weighted by atomic mass is 16.6. The maximum atomic E-state index is 6.14. The Labute approximate surface area is 242 Å². The summed E-state index contributed by atoms with van der Waals surface area (Å²) in [6.45, 7) is 7.48. The molecule has 1 aromatic heterocycles. The van der Waals surface area contributed by atoms with Crippen LogP contribution in [0.3, 0.4) is 0 Å². The van der Waals surface area contributed by atoms with Crippen molar-refractivity contribution in [3.63, 3.8) is 0 Å². The van der Waals surface area contributed by atoms with Crippen molar-refractivity contribution in [2.45, 2.75) is 27.4 Å². The van der Waals surface area contributed by atoms with Crippen molar-refractivity contribution in [2.24, 2.45) is 5.16 Å². The van der Waals surface area contributed by atoms with E-state index in [-0.39, 0.29) is 7.43 Å². The lowest BCUT2D eigenvalue weighted by Gasteiger charge is -2.26. The Morgan fingerprint density at radius 2 is 1.78 bits per heavy atom. The summed E-state index contributed by atoms with van der Waals surface area (Å²) >= 11 is 0. The highest BCUT2D eigenvalue weighted by Gasteiger charge is 2.13. The number of nitrogens with one attached hydrogen (secondary N) is 1. The smallest absolute Gasteiger partial charge is 0.162 e. The first-order chi connectivity index (χ1) is 19.7. The fourth-order valence-electron chi connectivity index (χ4n) is 4.49. The van der Waals surface area contributed by atoms with E-state index in [1.807, 2.05) is 73.7 Å². The molecule has 0 aliphatic carbocycles. The molecule has 1 saturated heterocycles. The Kier molecular flexibility index (Phi) is 10.9. The van der Waals surface area contributed by atoms with Crippen molar-refractivity contribution in [1.82, 2.24) is 14.9 Å². The molecule has 1 aliphatic rings. The summed E-state index contributed by atoms with van der Waals surface area (Å²) in [6, 6.07) is 21.8. The van der Waals surface area contributed by atoms with Crippen LogP contribution in [0.25, 0.3) is 10.9 Å². The maximum absolute atomic E-state index is 6.14. The summed E-state index contributed by atoms with van der Waals surface area (Å²) in [4.78, 5) is 16.9. The summed E-state index contributed by atoms with van der Waals surface area (Å²) in [5.74, 6) is 2.01. The second-order valence-electron chi connectivity index (χ2n) is 9.54. The van der Waals surface area contributed by atoms with E-state index in [0.717, 1.165) is 72.7 Å². The van der Waals surface area contributed by atoms with Gasteiger partial charge in [-0.3, -0.25) is 4.90 Å². The van der Waals surface area contributed by atoms with E-state index in [1.165, 1.54) is 0 Å². The number of fused-ring (bicyclic) bond motifs is 1. The molecule has 0 saturated carbocycles. The fraction of sp³-hybridized carbons (Fsp3) is 0.344. The molecule has 5 rings (SSSR count). The zero-order valence-electron chi connectivity index (χ0n) is 23.0. The second-order valence-corrected chi connectivity index (χ2v) is 9.54. The van der Waals surface area contributed by atoms with Gasteiger partial charge in [-0.05, 0) is 42.7 Å². The largest absolute Gasteiger partial charge is 0.493 e. The van der Waals surface area contributed by atoms with Gasteiger partial charge >= 0.3 is 0 Å². The van der Waals surface area contributed by atoms with Gasteiger partial charge < -0.3 is 24.4 Å². The third-order valence-corrected chi connectivity index (χ3v) is 6.74. The molecule has 4 aromatic rings. The minimum atomic E-state index is 0. The summed E-state index contributed by atoms with van der Waals surface area (Å²) in [5, 5.41) is 8.53. The van der Waals surface area contributed by atoms with E-state index < -0.39 is 0 Å². The zero-order chi connectivity index (χ0) is 27.6. The Morgan fingerprint density at radius 1 is 1.00 bits per heavy atom. The van der Waals surface area contributed by atoms with E-state index in [9.17, 15) is 0 Å². The number of methoxy groups -OCH3 is 1. The number of oxime groups is 1. The van der Waals surface area contributed by atoms with E-state index in [4.69, 9.17) is 19.0 Å². The molecule has 9 heteroatoms. The maximum Gasteiger partial charge on any atom is 0.162 e. The van der Waals surface area contributed by atoms with Crippen LogP contribution in [0.4, 0.5) is 11.5 Å². The number of hydrogen-bond donors (Lipinski definition) is 1. The molecule has 2 heterocycles. The standard InChI is InChI=1S/C31H35N5O4.CH4/c1-23(35-40-21-24-7-4-3-5-8-24)25-9-11-26(12-10-25)34-31-27-19-30(29(37-2)20-28(27)32-22-33-31)39-16-6-13-36-14-17-38-18-15-36;/h3-5,7-12,19-20,22H,6,13-18,21H2,1-2H3,(H,32,33,34);1H4. The molecule has 0 atom stereocenters. The number of benzene rings is 3. The number of ether oxygens (including phenoxy) is 3. The van der Waals surface area contributed by atoms with Gasteiger partial charge in [0.15, 0.2) is 11.5 Å². The van der Waals surface area contributed by atoms with Crippen molar-refractivity contribution in [3.05, 3.63) is 84.2 Å². The molecule has 9 nitrogen and oxygen atoms in total. The van der Waals surface area contributed by atoms with Crippen LogP contribution in [0.15, 0.2) is 78.2 Å². The monoisotopic (exact) mass is 557 g/mol. The van der Waals surface area contributed by atoms with Crippen LogP contribution in [-0.4, -0.2) is 67.1 Å². The van der Waals surface area contributed by atoms with E-state index in [0.29, 0.717) is 30.5 Å². The minimum Gasteiger partial charge on any atom is -0.493 e. The Balaban J connectivity index is 0.00000387. The number of hydrogen-bond acceptors (Lipinski definition) is 9. The van der Waals surface area contributed by atoms with Gasteiger partial charge in [-0.25, -0.2) is 9.97 Å². The summed E-state index contributed by atoms with van der Waals surface area (Å²) in [5.41, 5.74) is 4.52. The number of rotatable bonds is 12. The molecular formula is C32H39N5O4. The third kappa shape index (κ3) is 8.15. The highest BCUT2D eigenvalue weighted by Crippen LogP contribution is 2.35. The van der Waals surface area contributed by atoms with Gasteiger partial charge in [0, 0.05) is 36.8 Å². The van der Waals surface area contributed by atoms with Crippen LogP contribution in [-0.2, 0) is 16.2 Å². The lowest BCUT2D eigenvalue weighted by Crippen LogP contribution is -2.37. The average Bonchev–Trinajstić information content (AvgIpc) is 3.00. The topological polar surface area (TPSA) is 90.3 Å². The van der Waals surface area contributed by atoms with E-state index >= 15 is 0 Å². The minimum absolute atomic E-state index is 0. The van der Waals surface area contributed by atoms with Gasteiger partial charge in [0.1, 0.15) is 18.8 Å². The lowest BCUT2D eigenvalue weighted by atomic mass is 10.1. The molecule has 3 aromatic carbocycles. The summed E-state index contributed by atoms with van der Waals surface area (Å²) in [7, 11) is 1.64. The molecule has 1 fully saturated rings. The van der Waals surface area contributed by atoms with Gasteiger partial charge in [0.25, 0.3) is 0 Å². The fourth-order valence-corrected chi connectivity index (χ4v) is 4.49. The van der Waals surface area contributed by atoms with E-state index in [1.54, 1.807) is 13.4 Å². The molecular weight excluding hydrogens is 518 g/mol. The van der Waals surface area contributed by atoms with Crippen molar-refractivity contribution in [3.8, 4) is 11.5 Å². The lowest BCUT2D eigenvalue weighted by molar-refractivity contribution is 0.0357. The zero-order valence-corrected chi connectivity index (χ0v) is 23.0. The van der Waals surface area contributed by atoms with Crippen LogP contribution in [0.5, 0.6) is 11.5 Å². The number of anilines is 2. The van der Waals surface area contributed by atoms with E-state index in [2.05, 4.69) is 25.3 Å². The molecule has 41 heavy (non-hydrogen) atoms. The number of nitrogens with zero attached hydrogens (tertiary/aromatic N) is 4. The second kappa shape index (κ2) is 15.0. The molecule has 1 N–H and O–H groups in total. The molecule has 0 bridgehead atoms. The Morgan fingerprint density at radius 3 is 2.54 bits per heavy atom. The number of morpholine rings is 1. The molecule has 1 aliphatic heterocycles. The first kappa shape index (κ1) is 29.8. The van der Waals surface area contributed by atoms with Crippen LogP contribution < -0.4 is 14.8 Å². The molecule has 216 valence electrons. The number of aromatic nitrogens is 2. The van der Waals surface area contributed by atoms with Gasteiger partial charge in [0.2, 0.25) is 0 Å². The predicted molar refractivity (Wildman–Crippen MR) is 163 cm³/mol. The van der Waals surface area contributed by atoms with Gasteiger partial charge in [0.05, 0.1) is 38.2 Å². The molecule has 0 unspecified atom stereocenters. The van der Waals surface area contributed by atoms with Gasteiger partial charge in [-0.2, -0.15) is 0 Å². The third-order valence-electron chi connectivity index (χ3n) is 6.74. The highest BCUT2D eigenvalue weighted by molar-refractivity contribution is 5.99. The normalized spacial score (nSPS) is 13.9. The SMILES string of the molecule is C.COc1cc2ncnc(Nc3ccc(C(C)=NOCc4ccccc4)cc3)c2cc1OCCCN1CCOCC1. The first-order valence-electron chi connectivity index (χ1n) is 13.5. The average molecular weight is 558 g/mol. The van der Waals surface area contributed by atoms with Crippen molar-refractivity contribution >= 4 is 28.1 Å². The quantitative estimate of drug-likeness (QED) is 0.128. The summed E-state index contributed by atoms with van der Waals surface area (Å²) < 4.78 is 17.2. The molecule has 0 spiro atoms. The first-order valence-corrected chi connectivity index (χ1v) is 13.5. The van der Waals surface area contributed by atoms with Crippen molar-refractivity contribution in [2.75, 3.05) is 51.9 Å². The van der Waals surface area contributed by atoms with Crippen molar-refractivity contribution in [1.29, 1.82) is 0 Å². The summed E-state index contributed by atoms with van der Waals surface area (Å²) in [6.07, 6.45) is 2.46. The van der Waals surface area contributed by atoms with Crippen LogP contribution >= 0.6 is 0 Å². The Hall–Kier alpha value is -4.21. The van der Waals surface area contributed by atoms with Gasteiger partial charge in [-0.15, -0.1) is 0 Å². The molecule has 0 amide bonds.